The topological polar surface area (TPSA) is 43.9 Å². The van der Waals surface area contributed by atoms with Crippen LogP contribution in [0.25, 0.3) is 0 Å². The third kappa shape index (κ3) is 4.65. The fourth-order valence-corrected chi connectivity index (χ4v) is 4.10. The van der Waals surface area contributed by atoms with Crippen LogP contribution in [0.1, 0.15) is 24.0 Å². The van der Waals surface area contributed by atoms with Crippen LogP contribution in [0.3, 0.4) is 0 Å². The van der Waals surface area contributed by atoms with E-state index in [0.29, 0.717) is 19.5 Å². The highest BCUT2D eigenvalue weighted by atomic mass is 19.1. The standard InChI is InChI=1S/C23H26FN3O2/c24-20-10-8-18(9-11-20)16-25-12-14-26(15-13-25)23(29)17-27-21-6-2-1-4-19(21)5-3-7-22(27)28/h1-2,4,6,8-11H,3,5,7,12-17H2. The molecule has 0 saturated carbocycles. The first-order chi connectivity index (χ1) is 14.1. The number of hydrogen-bond donors (Lipinski definition) is 0. The zero-order chi connectivity index (χ0) is 20.2. The summed E-state index contributed by atoms with van der Waals surface area (Å²) < 4.78 is 13.1. The zero-order valence-corrected chi connectivity index (χ0v) is 16.5. The van der Waals surface area contributed by atoms with Gasteiger partial charge in [0.2, 0.25) is 11.8 Å². The van der Waals surface area contributed by atoms with Crippen molar-refractivity contribution < 1.29 is 14.0 Å². The smallest absolute Gasteiger partial charge is 0.242 e. The van der Waals surface area contributed by atoms with Crippen LogP contribution in [-0.4, -0.2) is 54.3 Å². The molecule has 0 N–H and O–H groups in total. The van der Waals surface area contributed by atoms with E-state index in [2.05, 4.69) is 4.90 Å². The molecule has 2 aromatic carbocycles. The number of amides is 2. The van der Waals surface area contributed by atoms with Crippen LogP contribution in [-0.2, 0) is 22.6 Å². The molecular formula is C23H26FN3O2. The van der Waals surface area contributed by atoms with Gasteiger partial charge in [-0.3, -0.25) is 14.5 Å². The molecule has 1 saturated heterocycles. The van der Waals surface area contributed by atoms with Crippen molar-refractivity contribution in [2.24, 2.45) is 0 Å². The zero-order valence-electron chi connectivity index (χ0n) is 16.5. The summed E-state index contributed by atoms with van der Waals surface area (Å²) in [5.41, 5.74) is 3.08. The van der Waals surface area contributed by atoms with Gasteiger partial charge in [-0.2, -0.15) is 0 Å². The van der Waals surface area contributed by atoms with Crippen molar-refractivity contribution in [3.8, 4) is 0 Å². The van der Waals surface area contributed by atoms with Gasteiger partial charge in [-0.1, -0.05) is 30.3 Å². The number of rotatable bonds is 4. The Labute approximate surface area is 170 Å². The molecule has 0 atom stereocenters. The lowest BCUT2D eigenvalue weighted by atomic mass is 10.1. The molecule has 0 aliphatic carbocycles. The van der Waals surface area contributed by atoms with E-state index in [1.165, 1.54) is 12.1 Å². The van der Waals surface area contributed by atoms with E-state index >= 15 is 0 Å². The highest BCUT2D eigenvalue weighted by Gasteiger charge is 2.27. The maximum atomic E-state index is 13.1. The first-order valence-corrected chi connectivity index (χ1v) is 10.2. The molecule has 29 heavy (non-hydrogen) atoms. The van der Waals surface area contributed by atoms with E-state index in [1.807, 2.05) is 29.2 Å². The number of carbonyl (C=O) groups is 2. The number of anilines is 1. The molecule has 2 heterocycles. The van der Waals surface area contributed by atoms with Crippen molar-refractivity contribution in [2.75, 3.05) is 37.6 Å². The quantitative estimate of drug-likeness (QED) is 0.800. The Morgan fingerprint density at radius 2 is 1.66 bits per heavy atom. The average molecular weight is 395 g/mol. The number of nitrogens with zero attached hydrogens (tertiary/aromatic N) is 3. The molecule has 2 aliphatic heterocycles. The SMILES string of the molecule is O=C(CN1C(=O)CCCc2ccccc21)N1CCN(Cc2ccc(F)cc2)CC1. The lowest BCUT2D eigenvalue weighted by molar-refractivity contribution is -0.133. The molecule has 0 radical (unpaired) electrons. The van der Waals surface area contributed by atoms with Gasteiger partial charge in [0.15, 0.2) is 0 Å². The van der Waals surface area contributed by atoms with Gasteiger partial charge in [0.1, 0.15) is 12.4 Å². The normalized spacial score (nSPS) is 17.8. The van der Waals surface area contributed by atoms with Gasteiger partial charge in [-0.15, -0.1) is 0 Å². The third-order valence-corrected chi connectivity index (χ3v) is 5.76. The Bertz CT molecular complexity index is 876. The predicted octanol–water partition coefficient (Wildman–Crippen LogP) is 2.84. The maximum absolute atomic E-state index is 13.1. The molecule has 0 spiro atoms. The van der Waals surface area contributed by atoms with E-state index in [-0.39, 0.29) is 24.2 Å². The van der Waals surface area contributed by atoms with Crippen molar-refractivity contribution >= 4 is 17.5 Å². The van der Waals surface area contributed by atoms with Gasteiger partial charge in [-0.25, -0.2) is 4.39 Å². The number of halogens is 1. The number of hydrogen-bond acceptors (Lipinski definition) is 3. The first kappa shape index (κ1) is 19.6. The summed E-state index contributed by atoms with van der Waals surface area (Å²) in [5, 5.41) is 0. The number of fused-ring (bicyclic) bond motifs is 1. The van der Waals surface area contributed by atoms with Gasteiger partial charge in [0.05, 0.1) is 0 Å². The fraction of sp³-hybridized carbons (Fsp3) is 0.391. The van der Waals surface area contributed by atoms with Crippen molar-refractivity contribution in [3.05, 3.63) is 65.5 Å². The van der Waals surface area contributed by atoms with Crippen LogP contribution in [0.15, 0.2) is 48.5 Å². The molecule has 0 aromatic heterocycles. The van der Waals surface area contributed by atoms with Crippen molar-refractivity contribution in [1.82, 2.24) is 9.80 Å². The highest BCUT2D eigenvalue weighted by molar-refractivity contribution is 5.99. The Hall–Kier alpha value is -2.73. The van der Waals surface area contributed by atoms with Crippen molar-refractivity contribution in [1.29, 1.82) is 0 Å². The van der Waals surface area contributed by atoms with E-state index in [4.69, 9.17) is 0 Å². The molecule has 6 heteroatoms. The van der Waals surface area contributed by atoms with Gasteiger partial charge in [0.25, 0.3) is 0 Å². The Balaban J connectivity index is 1.35. The van der Waals surface area contributed by atoms with Gasteiger partial charge < -0.3 is 9.80 Å². The molecule has 2 aliphatic rings. The number of piperazine rings is 1. The molecule has 5 nitrogen and oxygen atoms in total. The van der Waals surface area contributed by atoms with Gasteiger partial charge in [-0.05, 0) is 42.2 Å². The largest absolute Gasteiger partial charge is 0.339 e. The molecule has 2 amide bonds. The van der Waals surface area contributed by atoms with Crippen molar-refractivity contribution in [2.45, 2.75) is 25.8 Å². The molecule has 0 bridgehead atoms. The van der Waals surface area contributed by atoms with Crippen LogP contribution in [0.2, 0.25) is 0 Å². The molecule has 152 valence electrons. The second-order valence-electron chi connectivity index (χ2n) is 7.75. The van der Waals surface area contributed by atoms with Gasteiger partial charge in [0, 0.05) is 44.8 Å². The van der Waals surface area contributed by atoms with Crippen LogP contribution >= 0.6 is 0 Å². The maximum Gasteiger partial charge on any atom is 0.242 e. The summed E-state index contributed by atoms with van der Waals surface area (Å²) in [7, 11) is 0. The molecule has 1 fully saturated rings. The van der Waals surface area contributed by atoms with Crippen LogP contribution in [0.5, 0.6) is 0 Å². The van der Waals surface area contributed by atoms with E-state index in [0.717, 1.165) is 49.3 Å². The molecular weight excluding hydrogens is 369 g/mol. The molecule has 0 unspecified atom stereocenters. The minimum atomic E-state index is -0.228. The fourth-order valence-electron chi connectivity index (χ4n) is 4.10. The third-order valence-electron chi connectivity index (χ3n) is 5.76. The number of aryl methyl sites for hydroxylation is 1. The first-order valence-electron chi connectivity index (χ1n) is 10.2. The van der Waals surface area contributed by atoms with E-state index in [1.54, 1.807) is 17.0 Å². The average Bonchev–Trinajstić information content (AvgIpc) is 2.89. The monoisotopic (exact) mass is 395 g/mol. The summed E-state index contributed by atoms with van der Waals surface area (Å²) in [6.45, 7) is 3.68. The molecule has 4 rings (SSSR count). The minimum absolute atomic E-state index is 0.00325. The van der Waals surface area contributed by atoms with E-state index in [9.17, 15) is 14.0 Å². The Kier molecular flexibility index (Phi) is 5.90. The number of para-hydroxylation sites is 1. The van der Waals surface area contributed by atoms with Crippen LogP contribution in [0, 0.1) is 5.82 Å². The van der Waals surface area contributed by atoms with Crippen LogP contribution in [0.4, 0.5) is 10.1 Å². The second-order valence-corrected chi connectivity index (χ2v) is 7.75. The Morgan fingerprint density at radius 1 is 0.931 bits per heavy atom. The summed E-state index contributed by atoms with van der Waals surface area (Å²) in [4.78, 5) is 31.3. The summed E-state index contributed by atoms with van der Waals surface area (Å²) in [6, 6.07) is 14.4. The van der Waals surface area contributed by atoms with Crippen LogP contribution < -0.4 is 4.90 Å². The summed E-state index contributed by atoms with van der Waals surface area (Å²) in [5.74, 6) is -0.205. The number of benzene rings is 2. The minimum Gasteiger partial charge on any atom is -0.339 e. The van der Waals surface area contributed by atoms with Crippen molar-refractivity contribution in [3.63, 3.8) is 0 Å². The lowest BCUT2D eigenvalue weighted by Gasteiger charge is -2.36. The predicted molar refractivity (Wildman–Crippen MR) is 110 cm³/mol. The highest BCUT2D eigenvalue weighted by Crippen LogP contribution is 2.26. The Morgan fingerprint density at radius 3 is 2.41 bits per heavy atom. The summed E-state index contributed by atoms with van der Waals surface area (Å²) in [6.07, 6.45) is 2.17. The second kappa shape index (κ2) is 8.74. The molecule has 2 aromatic rings. The van der Waals surface area contributed by atoms with Gasteiger partial charge >= 0.3 is 0 Å². The van der Waals surface area contributed by atoms with E-state index < -0.39 is 0 Å². The summed E-state index contributed by atoms with van der Waals surface area (Å²) >= 11 is 0. The number of carbonyl (C=O) groups excluding carboxylic acids is 2. The lowest BCUT2D eigenvalue weighted by Crippen LogP contribution is -2.51.